The summed E-state index contributed by atoms with van der Waals surface area (Å²) in [5.74, 6) is 0.354. The summed E-state index contributed by atoms with van der Waals surface area (Å²) in [6.45, 7) is 3.38. The number of fused-ring (bicyclic) bond motifs is 3. The number of nitriles is 1. The lowest BCUT2D eigenvalue weighted by molar-refractivity contribution is 0.0972. The van der Waals surface area contributed by atoms with Gasteiger partial charge in [0.2, 0.25) is 0 Å². The van der Waals surface area contributed by atoms with E-state index in [2.05, 4.69) is 14.9 Å². The van der Waals surface area contributed by atoms with Crippen molar-refractivity contribution in [3.05, 3.63) is 34.2 Å². The van der Waals surface area contributed by atoms with Gasteiger partial charge < -0.3 is 14.6 Å². The zero-order chi connectivity index (χ0) is 18.1. The molecule has 0 aromatic carbocycles. The monoisotopic (exact) mass is 372 g/mol. The molecule has 0 saturated carbocycles. The minimum atomic E-state index is -0.523. The molecule has 26 heavy (non-hydrogen) atoms. The Kier molecular flexibility index (Phi) is 4.32. The minimum Gasteiger partial charge on any atom is -0.399 e. The van der Waals surface area contributed by atoms with E-state index in [0.717, 1.165) is 42.4 Å². The van der Waals surface area contributed by atoms with E-state index in [0.29, 0.717) is 24.7 Å². The van der Waals surface area contributed by atoms with Crippen molar-refractivity contribution in [3.8, 4) is 11.3 Å². The highest BCUT2D eigenvalue weighted by molar-refractivity contribution is 7.12. The van der Waals surface area contributed by atoms with Crippen LogP contribution in [0.4, 0.5) is 4.79 Å². The lowest BCUT2D eigenvalue weighted by Crippen LogP contribution is -2.40. The topological polar surface area (TPSA) is 112 Å². The number of rotatable bonds is 2. The van der Waals surface area contributed by atoms with Gasteiger partial charge in [0.15, 0.2) is 11.3 Å². The standard InChI is InChI=1S/C16H16N6O3S/c17-9-19-15(23)10-5-14(26-8-10)25-16(24)21-3-4-22-12-6-18-2-1-11(12)20-13(22)7-21/h5,8,18H,1-4,6-7H2,(H,19,23). The van der Waals surface area contributed by atoms with Gasteiger partial charge in [-0.2, -0.15) is 5.26 Å². The summed E-state index contributed by atoms with van der Waals surface area (Å²) in [5, 5.41) is 15.7. The molecule has 2 amide bonds. The number of ether oxygens (including phenoxy) is 1. The molecule has 2 aromatic heterocycles. The molecule has 4 heterocycles. The average molecular weight is 372 g/mol. The Morgan fingerprint density at radius 3 is 3.15 bits per heavy atom. The number of imidazole rings is 1. The summed E-state index contributed by atoms with van der Waals surface area (Å²) >= 11 is 1.13. The zero-order valence-corrected chi connectivity index (χ0v) is 14.6. The van der Waals surface area contributed by atoms with Crippen molar-refractivity contribution in [3.63, 3.8) is 0 Å². The summed E-state index contributed by atoms with van der Waals surface area (Å²) in [7, 11) is 0. The molecule has 0 fully saturated rings. The summed E-state index contributed by atoms with van der Waals surface area (Å²) in [6, 6.07) is 1.45. The zero-order valence-electron chi connectivity index (χ0n) is 13.8. The molecule has 0 radical (unpaired) electrons. The third-order valence-corrected chi connectivity index (χ3v) is 5.25. The fourth-order valence-corrected chi connectivity index (χ4v) is 3.91. The third-order valence-electron chi connectivity index (χ3n) is 4.44. The summed E-state index contributed by atoms with van der Waals surface area (Å²) in [6.07, 6.45) is 2.01. The average Bonchev–Trinajstić information content (AvgIpc) is 3.25. The molecular formula is C16H16N6O3S. The van der Waals surface area contributed by atoms with Crippen LogP contribution in [0.15, 0.2) is 11.4 Å². The molecule has 2 aliphatic rings. The molecule has 0 unspecified atom stereocenters. The maximum atomic E-state index is 12.4. The summed E-state index contributed by atoms with van der Waals surface area (Å²) < 4.78 is 7.55. The van der Waals surface area contributed by atoms with Gasteiger partial charge in [-0.25, -0.2) is 9.78 Å². The van der Waals surface area contributed by atoms with Crippen LogP contribution in [0.25, 0.3) is 0 Å². The van der Waals surface area contributed by atoms with Crippen LogP contribution in [0, 0.1) is 11.5 Å². The van der Waals surface area contributed by atoms with E-state index in [4.69, 9.17) is 10.00 Å². The number of carbonyl (C=O) groups excluding carboxylic acids is 2. The van der Waals surface area contributed by atoms with E-state index < -0.39 is 12.0 Å². The summed E-state index contributed by atoms with van der Waals surface area (Å²) in [5.41, 5.74) is 2.61. The SMILES string of the molecule is N#CNC(=O)c1csc(OC(=O)N2CCn3c(nc4c3CNCC4)C2)c1. The second kappa shape index (κ2) is 6.78. The van der Waals surface area contributed by atoms with Gasteiger partial charge in [-0.15, -0.1) is 11.3 Å². The number of hydrogen-bond donors (Lipinski definition) is 2. The van der Waals surface area contributed by atoms with Crippen molar-refractivity contribution in [2.75, 3.05) is 13.1 Å². The Morgan fingerprint density at radius 2 is 2.31 bits per heavy atom. The van der Waals surface area contributed by atoms with Gasteiger partial charge in [-0.1, -0.05) is 0 Å². The molecule has 9 nitrogen and oxygen atoms in total. The first-order chi connectivity index (χ1) is 12.7. The van der Waals surface area contributed by atoms with Crippen LogP contribution < -0.4 is 15.4 Å². The molecule has 0 spiro atoms. The van der Waals surface area contributed by atoms with Crippen LogP contribution >= 0.6 is 11.3 Å². The number of aromatic nitrogens is 2. The molecule has 10 heteroatoms. The summed E-state index contributed by atoms with van der Waals surface area (Å²) in [4.78, 5) is 30.3. The fraction of sp³-hybridized carbons (Fsp3) is 0.375. The molecule has 0 bridgehead atoms. The van der Waals surface area contributed by atoms with Crippen LogP contribution in [0.5, 0.6) is 5.06 Å². The fourth-order valence-electron chi connectivity index (χ4n) is 3.18. The van der Waals surface area contributed by atoms with Crippen molar-refractivity contribution in [2.24, 2.45) is 0 Å². The predicted molar refractivity (Wildman–Crippen MR) is 91.5 cm³/mol. The van der Waals surface area contributed by atoms with Crippen LogP contribution in [-0.4, -0.2) is 39.5 Å². The Morgan fingerprint density at radius 1 is 1.42 bits per heavy atom. The van der Waals surface area contributed by atoms with Crippen molar-refractivity contribution in [2.45, 2.75) is 26.1 Å². The lowest BCUT2D eigenvalue weighted by Gasteiger charge is -2.27. The molecular weight excluding hydrogens is 356 g/mol. The number of amides is 2. The molecule has 0 aliphatic carbocycles. The highest BCUT2D eigenvalue weighted by Gasteiger charge is 2.28. The second-order valence-electron chi connectivity index (χ2n) is 6.01. The first-order valence-corrected chi connectivity index (χ1v) is 9.06. The number of hydrogen-bond acceptors (Lipinski definition) is 7. The maximum Gasteiger partial charge on any atom is 0.416 e. The maximum absolute atomic E-state index is 12.4. The van der Waals surface area contributed by atoms with Gasteiger partial charge in [0, 0.05) is 44.0 Å². The van der Waals surface area contributed by atoms with Crippen molar-refractivity contribution >= 4 is 23.3 Å². The van der Waals surface area contributed by atoms with Crippen LogP contribution in [0.1, 0.15) is 27.6 Å². The first-order valence-electron chi connectivity index (χ1n) is 8.18. The van der Waals surface area contributed by atoms with E-state index >= 15 is 0 Å². The Labute approximate surface area is 153 Å². The normalized spacial score (nSPS) is 15.6. The Hall–Kier alpha value is -2.90. The molecule has 134 valence electrons. The van der Waals surface area contributed by atoms with Gasteiger partial charge in [0.05, 0.1) is 23.5 Å². The molecule has 0 atom stereocenters. The van der Waals surface area contributed by atoms with Gasteiger partial charge in [-0.3, -0.25) is 15.0 Å². The molecule has 2 aliphatic heterocycles. The number of carbonyl (C=O) groups is 2. The van der Waals surface area contributed by atoms with E-state index in [1.807, 2.05) is 5.32 Å². The minimum absolute atomic E-state index is 0.286. The molecule has 2 N–H and O–H groups in total. The van der Waals surface area contributed by atoms with Gasteiger partial charge in [0.1, 0.15) is 5.82 Å². The highest BCUT2D eigenvalue weighted by atomic mass is 32.1. The van der Waals surface area contributed by atoms with Crippen LogP contribution in [-0.2, 0) is 26.1 Å². The molecule has 4 rings (SSSR count). The molecule has 2 aromatic rings. The van der Waals surface area contributed by atoms with Crippen LogP contribution in [0.3, 0.4) is 0 Å². The number of nitrogens with zero attached hydrogens (tertiary/aromatic N) is 4. The predicted octanol–water partition coefficient (Wildman–Crippen LogP) is 0.816. The van der Waals surface area contributed by atoms with Crippen molar-refractivity contribution in [1.82, 2.24) is 25.1 Å². The largest absolute Gasteiger partial charge is 0.416 e. The smallest absolute Gasteiger partial charge is 0.399 e. The number of nitrogens with one attached hydrogen (secondary N) is 2. The molecule has 0 saturated heterocycles. The third kappa shape index (κ3) is 3.02. The van der Waals surface area contributed by atoms with E-state index in [1.54, 1.807) is 16.5 Å². The Balaban J connectivity index is 1.43. The van der Waals surface area contributed by atoms with E-state index in [1.165, 1.54) is 11.8 Å². The lowest BCUT2D eigenvalue weighted by atomic mass is 10.2. The van der Waals surface area contributed by atoms with Gasteiger partial charge in [0.25, 0.3) is 5.91 Å². The quantitative estimate of drug-likeness (QED) is 0.596. The van der Waals surface area contributed by atoms with Crippen molar-refractivity contribution in [1.29, 1.82) is 5.26 Å². The van der Waals surface area contributed by atoms with Crippen molar-refractivity contribution < 1.29 is 14.3 Å². The van der Waals surface area contributed by atoms with E-state index in [9.17, 15) is 9.59 Å². The first kappa shape index (κ1) is 16.6. The van der Waals surface area contributed by atoms with E-state index in [-0.39, 0.29) is 5.56 Å². The highest BCUT2D eigenvalue weighted by Crippen LogP contribution is 2.25. The second-order valence-corrected chi connectivity index (χ2v) is 6.88. The van der Waals surface area contributed by atoms with Gasteiger partial charge >= 0.3 is 6.09 Å². The van der Waals surface area contributed by atoms with Gasteiger partial charge in [-0.05, 0) is 0 Å². The van der Waals surface area contributed by atoms with Crippen LogP contribution in [0.2, 0.25) is 0 Å². The number of thiophene rings is 1. The Bertz CT molecular complexity index is 912.